The van der Waals surface area contributed by atoms with E-state index in [0.29, 0.717) is 15.6 Å². The molecule has 0 aliphatic rings. The summed E-state index contributed by atoms with van der Waals surface area (Å²) >= 11 is 17.8. The van der Waals surface area contributed by atoms with Crippen molar-refractivity contribution in [3.8, 4) is 0 Å². The molecule has 0 aliphatic carbocycles. The van der Waals surface area contributed by atoms with Gasteiger partial charge in [0.15, 0.2) is 6.61 Å². The van der Waals surface area contributed by atoms with E-state index in [2.05, 4.69) is 5.32 Å². The third kappa shape index (κ3) is 6.45. The first-order valence-electron chi connectivity index (χ1n) is 8.32. The lowest BCUT2D eigenvalue weighted by molar-refractivity contribution is -0.142. The molecule has 160 valence electrons. The fraction of sp³-hybridized carbons (Fsp3) is 0.158. The first-order chi connectivity index (χ1) is 14.0. The Morgan fingerprint density at radius 3 is 2.40 bits per heavy atom. The van der Waals surface area contributed by atoms with Crippen LogP contribution in [0.25, 0.3) is 6.08 Å². The molecular formula is C19H17Cl3N2O5S. The van der Waals surface area contributed by atoms with E-state index in [-0.39, 0.29) is 15.6 Å². The molecule has 2 aromatic carbocycles. The van der Waals surface area contributed by atoms with E-state index in [1.54, 1.807) is 12.1 Å². The molecule has 0 saturated heterocycles. The summed E-state index contributed by atoms with van der Waals surface area (Å²) in [4.78, 5) is 23.8. The van der Waals surface area contributed by atoms with Crippen molar-refractivity contribution >= 4 is 68.5 Å². The van der Waals surface area contributed by atoms with Crippen LogP contribution in [-0.2, 0) is 24.3 Å². The Morgan fingerprint density at radius 1 is 1.07 bits per heavy atom. The number of carbonyl (C=O) groups is 2. The zero-order valence-electron chi connectivity index (χ0n) is 15.9. The van der Waals surface area contributed by atoms with E-state index in [9.17, 15) is 18.0 Å². The van der Waals surface area contributed by atoms with E-state index in [4.69, 9.17) is 39.5 Å². The molecule has 0 fully saturated rings. The summed E-state index contributed by atoms with van der Waals surface area (Å²) in [5.74, 6) is -1.46. The summed E-state index contributed by atoms with van der Waals surface area (Å²) in [5.41, 5.74) is 0.622. The van der Waals surface area contributed by atoms with Crippen LogP contribution in [0.15, 0.2) is 47.4 Å². The second-order valence-corrected chi connectivity index (χ2v) is 9.49. The van der Waals surface area contributed by atoms with Crippen LogP contribution in [-0.4, -0.2) is 45.3 Å². The number of carbonyl (C=O) groups excluding carboxylic acids is 2. The molecule has 30 heavy (non-hydrogen) atoms. The van der Waals surface area contributed by atoms with Gasteiger partial charge in [-0.3, -0.25) is 4.79 Å². The van der Waals surface area contributed by atoms with Crippen LogP contribution < -0.4 is 5.32 Å². The van der Waals surface area contributed by atoms with Crippen molar-refractivity contribution in [2.24, 2.45) is 0 Å². The smallest absolute Gasteiger partial charge is 0.331 e. The molecule has 1 N–H and O–H groups in total. The Bertz CT molecular complexity index is 1100. The van der Waals surface area contributed by atoms with Gasteiger partial charge in [-0.25, -0.2) is 17.5 Å². The summed E-state index contributed by atoms with van der Waals surface area (Å²) in [7, 11) is -0.945. The van der Waals surface area contributed by atoms with Crippen LogP contribution in [0.2, 0.25) is 15.1 Å². The summed E-state index contributed by atoms with van der Waals surface area (Å²) in [6.45, 7) is -0.599. The highest BCUT2D eigenvalue weighted by molar-refractivity contribution is 7.89. The van der Waals surface area contributed by atoms with Crippen molar-refractivity contribution in [2.75, 3.05) is 26.0 Å². The number of nitrogens with zero attached hydrogens (tertiary/aromatic N) is 1. The topological polar surface area (TPSA) is 92.8 Å². The number of hydrogen-bond acceptors (Lipinski definition) is 5. The first kappa shape index (κ1) is 24.2. The van der Waals surface area contributed by atoms with Crippen LogP contribution in [0.4, 0.5) is 5.69 Å². The summed E-state index contributed by atoms with van der Waals surface area (Å²) < 4.78 is 30.3. The average molecular weight is 492 g/mol. The van der Waals surface area contributed by atoms with Gasteiger partial charge in [0.1, 0.15) is 0 Å². The highest BCUT2D eigenvalue weighted by Crippen LogP contribution is 2.26. The number of rotatable bonds is 7. The fourth-order valence-electron chi connectivity index (χ4n) is 2.14. The van der Waals surface area contributed by atoms with Crippen LogP contribution >= 0.6 is 34.8 Å². The summed E-state index contributed by atoms with van der Waals surface area (Å²) in [6, 6.07) is 8.64. The van der Waals surface area contributed by atoms with Gasteiger partial charge in [-0.1, -0.05) is 40.9 Å². The zero-order valence-corrected chi connectivity index (χ0v) is 18.9. The van der Waals surface area contributed by atoms with Gasteiger partial charge >= 0.3 is 5.97 Å². The Labute approximate surface area is 189 Å². The fourth-order valence-corrected chi connectivity index (χ4v) is 3.70. The number of ether oxygens (including phenoxy) is 1. The van der Waals surface area contributed by atoms with Crippen molar-refractivity contribution in [1.82, 2.24) is 4.31 Å². The molecule has 2 rings (SSSR count). The number of hydrogen-bond donors (Lipinski definition) is 1. The van der Waals surface area contributed by atoms with Gasteiger partial charge in [0.2, 0.25) is 10.0 Å². The third-order valence-electron chi connectivity index (χ3n) is 3.70. The predicted octanol–water partition coefficient (Wildman–Crippen LogP) is 4.09. The zero-order chi connectivity index (χ0) is 22.5. The lowest BCUT2D eigenvalue weighted by Gasteiger charge is -2.13. The van der Waals surface area contributed by atoms with Crippen LogP contribution in [0.5, 0.6) is 0 Å². The van der Waals surface area contributed by atoms with Gasteiger partial charge in [-0.2, -0.15) is 0 Å². The molecule has 0 aromatic heterocycles. The van der Waals surface area contributed by atoms with Gasteiger partial charge < -0.3 is 10.1 Å². The molecule has 0 radical (unpaired) electrons. The monoisotopic (exact) mass is 490 g/mol. The second-order valence-electron chi connectivity index (χ2n) is 6.08. The van der Waals surface area contributed by atoms with Gasteiger partial charge in [-0.05, 0) is 42.0 Å². The summed E-state index contributed by atoms with van der Waals surface area (Å²) in [5, 5.41) is 3.35. The Balaban J connectivity index is 1.99. The van der Waals surface area contributed by atoms with E-state index in [1.807, 2.05) is 0 Å². The summed E-state index contributed by atoms with van der Waals surface area (Å²) in [6.07, 6.45) is 2.53. The molecule has 1 amide bonds. The molecule has 0 heterocycles. The van der Waals surface area contributed by atoms with E-state index in [1.165, 1.54) is 44.4 Å². The van der Waals surface area contributed by atoms with Crippen molar-refractivity contribution < 1.29 is 22.7 Å². The van der Waals surface area contributed by atoms with Crippen molar-refractivity contribution in [2.45, 2.75) is 4.90 Å². The Morgan fingerprint density at radius 2 is 1.77 bits per heavy atom. The normalized spacial score (nSPS) is 11.7. The lowest BCUT2D eigenvalue weighted by atomic mass is 10.2. The number of benzene rings is 2. The minimum atomic E-state index is -3.71. The highest BCUT2D eigenvalue weighted by Gasteiger charge is 2.19. The van der Waals surface area contributed by atoms with Gasteiger partial charge in [0.25, 0.3) is 5.91 Å². The van der Waals surface area contributed by atoms with Crippen molar-refractivity contribution in [3.05, 3.63) is 63.1 Å². The number of halogens is 3. The second kappa shape index (κ2) is 10.3. The maximum absolute atomic E-state index is 12.2. The quantitative estimate of drug-likeness (QED) is 0.465. The molecule has 7 nitrogen and oxygen atoms in total. The third-order valence-corrected chi connectivity index (χ3v) is 6.40. The molecule has 0 spiro atoms. The van der Waals surface area contributed by atoms with Crippen molar-refractivity contribution in [3.63, 3.8) is 0 Å². The van der Waals surface area contributed by atoms with Gasteiger partial charge in [0, 0.05) is 30.2 Å². The molecule has 11 heteroatoms. The number of sulfonamides is 1. The Hall–Kier alpha value is -2.10. The molecular weight excluding hydrogens is 475 g/mol. The van der Waals surface area contributed by atoms with Crippen LogP contribution in [0, 0.1) is 0 Å². The largest absolute Gasteiger partial charge is 0.452 e. The minimum absolute atomic E-state index is 0.0491. The number of anilines is 1. The average Bonchev–Trinajstić information content (AvgIpc) is 2.67. The predicted molar refractivity (Wildman–Crippen MR) is 117 cm³/mol. The molecule has 2 aromatic rings. The molecule has 0 atom stereocenters. The first-order valence-corrected chi connectivity index (χ1v) is 10.9. The molecule has 0 saturated carbocycles. The molecule has 0 bridgehead atoms. The lowest BCUT2D eigenvalue weighted by Crippen LogP contribution is -2.23. The van der Waals surface area contributed by atoms with Gasteiger partial charge in [0.05, 0.1) is 15.6 Å². The van der Waals surface area contributed by atoms with Crippen LogP contribution in [0.3, 0.4) is 0 Å². The highest BCUT2D eigenvalue weighted by atomic mass is 35.5. The SMILES string of the molecule is CN(C)S(=O)(=O)c1ccc(Cl)c(NC(=O)COC(=O)C=Cc2ccc(Cl)cc2Cl)c1. The van der Waals surface area contributed by atoms with Crippen LogP contribution in [0.1, 0.15) is 5.56 Å². The minimum Gasteiger partial charge on any atom is -0.452 e. The van der Waals surface area contributed by atoms with Gasteiger partial charge in [-0.15, -0.1) is 0 Å². The van der Waals surface area contributed by atoms with E-state index in [0.717, 1.165) is 10.4 Å². The van der Waals surface area contributed by atoms with E-state index >= 15 is 0 Å². The number of amides is 1. The van der Waals surface area contributed by atoms with E-state index < -0.39 is 28.5 Å². The standard InChI is InChI=1S/C19H17Cl3N2O5S/c1-24(2)30(27,28)14-6-7-15(21)17(10-14)23-18(25)11-29-19(26)8-4-12-3-5-13(20)9-16(12)22/h3-10H,11H2,1-2H3,(H,23,25). The molecule has 0 aliphatic heterocycles. The maximum Gasteiger partial charge on any atom is 0.331 e. The Kier molecular flexibility index (Phi) is 8.28. The molecule has 0 unspecified atom stereocenters. The number of nitrogens with one attached hydrogen (secondary N) is 1. The van der Waals surface area contributed by atoms with Crippen molar-refractivity contribution in [1.29, 1.82) is 0 Å². The number of esters is 1. The maximum atomic E-state index is 12.2.